The van der Waals surface area contributed by atoms with Crippen LogP contribution in [0.2, 0.25) is 0 Å². The van der Waals surface area contributed by atoms with Gasteiger partial charge in [-0.15, -0.1) is 0 Å². The van der Waals surface area contributed by atoms with Crippen molar-refractivity contribution < 1.29 is 9.53 Å². The highest BCUT2D eigenvalue weighted by Crippen LogP contribution is 2.14. The highest BCUT2D eigenvalue weighted by Gasteiger charge is 2.29. The van der Waals surface area contributed by atoms with Gasteiger partial charge < -0.3 is 20.3 Å². The Balaban J connectivity index is 1.71. The predicted octanol–water partition coefficient (Wildman–Crippen LogP) is -0.0362. The zero-order valence-electron chi connectivity index (χ0n) is 11.4. The van der Waals surface area contributed by atoms with Crippen LogP contribution in [-0.4, -0.2) is 62.8 Å². The summed E-state index contributed by atoms with van der Waals surface area (Å²) in [6.07, 6.45) is 4.70. The van der Waals surface area contributed by atoms with Crippen molar-refractivity contribution in [2.24, 2.45) is 0 Å². The van der Waals surface area contributed by atoms with Crippen LogP contribution in [0.15, 0.2) is 0 Å². The van der Waals surface area contributed by atoms with Gasteiger partial charge in [-0.2, -0.15) is 0 Å². The molecule has 2 rings (SSSR count). The van der Waals surface area contributed by atoms with Crippen molar-refractivity contribution in [3.8, 4) is 0 Å². The van der Waals surface area contributed by atoms with Crippen LogP contribution in [0.4, 0.5) is 0 Å². The van der Waals surface area contributed by atoms with E-state index in [1.807, 2.05) is 0 Å². The van der Waals surface area contributed by atoms with Crippen LogP contribution < -0.4 is 10.6 Å². The van der Waals surface area contributed by atoms with Crippen molar-refractivity contribution in [3.63, 3.8) is 0 Å². The molecule has 0 bridgehead atoms. The van der Waals surface area contributed by atoms with Gasteiger partial charge in [0, 0.05) is 26.2 Å². The summed E-state index contributed by atoms with van der Waals surface area (Å²) in [7, 11) is 3.84. The second kappa shape index (κ2) is 6.50. The second-order valence-corrected chi connectivity index (χ2v) is 5.43. The number of rotatable bonds is 4. The zero-order chi connectivity index (χ0) is 13.0. The summed E-state index contributed by atoms with van der Waals surface area (Å²) in [4.78, 5) is 14.4. The first kappa shape index (κ1) is 13.8. The van der Waals surface area contributed by atoms with Gasteiger partial charge in [0.1, 0.15) is 0 Å². The van der Waals surface area contributed by atoms with Crippen LogP contribution in [0.5, 0.6) is 0 Å². The third-order valence-corrected chi connectivity index (χ3v) is 4.17. The third-order valence-electron chi connectivity index (χ3n) is 4.17. The van der Waals surface area contributed by atoms with Crippen molar-refractivity contribution in [1.29, 1.82) is 0 Å². The minimum Gasteiger partial charge on any atom is -0.380 e. The summed E-state index contributed by atoms with van der Waals surface area (Å²) in [6, 6.07) is 0.422. The molecule has 2 aliphatic heterocycles. The summed E-state index contributed by atoms with van der Waals surface area (Å²) in [6.45, 7) is 2.69. The molecule has 5 heteroatoms. The van der Waals surface area contributed by atoms with E-state index in [1.54, 1.807) is 7.11 Å². The van der Waals surface area contributed by atoms with Crippen molar-refractivity contribution >= 4 is 5.91 Å². The Kier molecular flexibility index (Phi) is 4.97. The number of hydrogen-bond acceptors (Lipinski definition) is 4. The smallest absolute Gasteiger partial charge is 0.237 e. The molecule has 0 saturated carbocycles. The van der Waals surface area contributed by atoms with E-state index >= 15 is 0 Å². The standard InChI is InChI=1S/C13H25N3O2/c1-16-6-4-3-5-10(16)8-15-13(17)12-7-11(18-2)9-14-12/h10-12,14H,3-9H2,1-2H3,(H,15,17). The van der Waals surface area contributed by atoms with E-state index in [1.165, 1.54) is 19.3 Å². The molecule has 0 aromatic rings. The van der Waals surface area contributed by atoms with Crippen LogP contribution in [0.1, 0.15) is 25.7 Å². The monoisotopic (exact) mass is 255 g/mol. The van der Waals surface area contributed by atoms with E-state index in [0.29, 0.717) is 6.04 Å². The molecular weight excluding hydrogens is 230 g/mol. The van der Waals surface area contributed by atoms with Gasteiger partial charge in [0.15, 0.2) is 0 Å². The normalized spacial score (nSPS) is 33.6. The number of amides is 1. The first-order valence-electron chi connectivity index (χ1n) is 6.95. The van der Waals surface area contributed by atoms with E-state index in [4.69, 9.17) is 4.74 Å². The lowest BCUT2D eigenvalue weighted by Crippen LogP contribution is -2.48. The van der Waals surface area contributed by atoms with Gasteiger partial charge in [-0.05, 0) is 32.9 Å². The van der Waals surface area contributed by atoms with Crippen LogP contribution in [0, 0.1) is 0 Å². The molecule has 0 aromatic heterocycles. The number of carbonyl (C=O) groups is 1. The molecule has 2 aliphatic rings. The van der Waals surface area contributed by atoms with Gasteiger partial charge in [-0.3, -0.25) is 4.79 Å². The van der Waals surface area contributed by atoms with Gasteiger partial charge in [-0.25, -0.2) is 0 Å². The molecule has 2 heterocycles. The van der Waals surface area contributed by atoms with E-state index < -0.39 is 0 Å². The number of likely N-dealkylation sites (N-methyl/N-ethyl adjacent to an activating group) is 1. The number of hydrogen-bond donors (Lipinski definition) is 2. The average Bonchev–Trinajstić information content (AvgIpc) is 2.86. The number of likely N-dealkylation sites (tertiary alicyclic amines) is 1. The SMILES string of the molecule is COC1CNC(C(=O)NCC2CCCCN2C)C1. The number of methoxy groups -OCH3 is 1. The maximum absolute atomic E-state index is 12.0. The number of carbonyl (C=O) groups excluding carboxylic acids is 1. The first-order valence-corrected chi connectivity index (χ1v) is 6.95. The number of piperidine rings is 1. The quantitative estimate of drug-likeness (QED) is 0.740. The lowest BCUT2D eigenvalue weighted by Gasteiger charge is -2.32. The van der Waals surface area contributed by atoms with Gasteiger partial charge in [0.25, 0.3) is 0 Å². The van der Waals surface area contributed by atoms with Crippen molar-refractivity contribution in [3.05, 3.63) is 0 Å². The number of ether oxygens (including phenoxy) is 1. The Morgan fingerprint density at radius 2 is 2.33 bits per heavy atom. The Bertz CT molecular complexity index is 285. The maximum atomic E-state index is 12.0. The largest absolute Gasteiger partial charge is 0.380 e. The van der Waals surface area contributed by atoms with Crippen LogP contribution in [-0.2, 0) is 9.53 Å². The maximum Gasteiger partial charge on any atom is 0.237 e. The molecule has 0 aliphatic carbocycles. The minimum absolute atomic E-state index is 0.0798. The lowest BCUT2D eigenvalue weighted by molar-refractivity contribution is -0.123. The molecular formula is C13H25N3O2. The fourth-order valence-electron chi connectivity index (χ4n) is 2.83. The highest BCUT2D eigenvalue weighted by atomic mass is 16.5. The molecule has 1 amide bonds. The molecule has 0 radical (unpaired) electrons. The molecule has 0 aromatic carbocycles. The summed E-state index contributed by atoms with van der Waals surface area (Å²) in [5.74, 6) is 0.119. The summed E-state index contributed by atoms with van der Waals surface area (Å²) in [5, 5.41) is 6.28. The van der Waals surface area contributed by atoms with Crippen LogP contribution in [0.3, 0.4) is 0 Å². The van der Waals surface area contributed by atoms with Crippen LogP contribution >= 0.6 is 0 Å². The zero-order valence-corrected chi connectivity index (χ0v) is 11.4. The third kappa shape index (κ3) is 3.43. The predicted molar refractivity (Wildman–Crippen MR) is 70.5 cm³/mol. The van der Waals surface area contributed by atoms with E-state index in [2.05, 4.69) is 22.6 Å². The molecule has 3 unspecified atom stereocenters. The molecule has 2 saturated heterocycles. The first-order chi connectivity index (χ1) is 8.70. The highest BCUT2D eigenvalue weighted by molar-refractivity contribution is 5.82. The Labute approximate surface area is 109 Å². The number of nitrogens with zero attached hydrogens (tertiary/aromatic N) is 1. The van der Waals surface area contributed by atoms with Gasteiger partial charge in [0.2, 0.25) is 5.91 Å². The van der Waals surface area contributed by atoms with Gasteiger partial charge in [-0.1, -0.05) is 6.42 Å². The molecule has 3 atom stereocenters. The number of nitrogens with one attached hydrogen (secondary N) is 2. The van der Waals surface area contributed by atoms with E-state index in [-0.39, 0.29) is 18.1 Å². The Morgan fingerprint density at radius 1 is 1.50 bits per heavy atom. The van der Waals surface area contributed by atoms with Crippen molar-refractivity contribution in [2.45, 2.75) is 43.9 Å². The Hall–Kier alpha value is -0.650. The molecule has 18 heavy (non-hydrogen) atoms. The molecule has 0 spiro atoms. The van der Waals surface area contributed by atoms with E-state index in [9.17, 15) is 4.79 Å². The average molecular weight is 255 g/mol. The van der Waals surface area contributed by atoms with Gasteiger partial charge >= 0.3 is 0 Å². The van der Waals surface area contributed by atoms with E-state index in [0.717, 1.165) is 26.1 Å². The fraction of sp³-hybridized carbons (Fsp3) is 0.923. The summed E-state index contributed by atoms with van der Waals surface area (Å²) < 4.78 is 5.25. The minimum atomic E-state index is -0.0798. The topological polar surface area (TPSA) is 53.6 Å². The van der Waals surface area contributed by atoms with Crippen molar-refractivity contribution in [1.82, 2.24) is 15.5 Å². The fourth-order valence-corrected chi connectivity index (χ4v) is 2.83. The summed E-state index contributed by atoms with van der Waals surface area (Å²) >= 11 is 0. The lowest BCUT2D eigenvalue weighted by atomic mass is 10.0. The Morgan fingerprint density at radius 3 is 3.00 bits per heavy atom. The van der Waals surface area contributed by atoms with Crippen molar-refractivity contribution in [2.75, 3.05) is 33.8 Å². The van der Waals surface area contributed by atoms with Gasteiger partial charge in [0.05, 0.1) is 12.1 Å². The molecule has 5 nitrogen and oxygen atoms in total. The van der Waals surface area contributed by atoms with Crippen LogP contribution in [0.25, 0.3) is 0 Å². The summed E-state index contributed by atoms with van der Waals surface area (Å²) in [5.41, 5.74) is 0. The molecule has 104 valence electrons. The molecule has 2 N–H and O–H groups in total. The second-order valence-electron chi connectivity index (χ2n) is 5.43. The molecule has 2 fully saturated rings.